The predicted molar refractivity (Wildman–Crippen MR) is 63.5 cm³/mol. The molecular formula is C10H13N3O3S. The van der Waals surface area contributed by atoms with Gasteiger partial charge in [-0.3, -0.25) is 10.2 Å². The van der Waals surface area contributed by atoms with E-state index in [1.807, 2.05) is 6.92 Å². The standard InChI is InChI=1S/C10H13N3O3S/c1-2-7-11-10-12-8-5-3-4-6-9(8)17(15,16)13(10)14/h3-6,14H,2,7H2,1H3,(H,11,12). The van der Waals surface area contributed by atoms with Crippen LogP contribution in [0.4, 0.5) is 5.69 Å². The van der Waals surface area contributed by atoms with Crippen LogP contribution in [0, 0.1) is 0 Å². The summed E-state index contributed by atoms with van der Waals surface area (Å²) in [5.41, 5.74) is 0.424. The minimum Gasteiger partial charge on any atom is -0.322 e. The molecule has 92 valence electrons. The zero-order valence-electron chi connectivity index (χ0n) is 9.29. The topological polar surface area (TPSA) is 82.0 Å². The van der Waals surface area contributed by atoms with Gasteiger partial charge in [-0.25, -0.2) is 0 Å². The van der Waals surface area contributed by atoms with E-state index in [4.69, 9.17) is 0 Å². The van der Waals surface area contributed by atoms with Crippen LogP contribution in [-0.4, -0.2) is 30.6 Å². The molecule has 1 heterocycles. The van der Waals surface area contributed by atoms with Gasteiger partial charge < -0.3 is 5.32 Å². The first kappa shape index (κ1) is 11.9. The van der Waals surface area contributed by atoms with Crippen molar-refractivity contribution >= 4 is 21.7 Å². The molecule has 0 fully saturated rings. The molecule has 0 spiro atoms. The van der Waals surface area contributed by atoms with Crippen LogP contribution in [0.15, 0.2) is 34.2 Å². The Balaban J connectivity index is 2.51. The second kappa shape index (κ2) is 4.34. The minimum absolute atomic E-state index is 0.0398. The molecule has 1 aliphatic heterocycles. The Morgan fingerprint density at radius 3 is 2.82 bits per heavy atom. The van der Waals surface area contributed by atoms with Crippen molar-refractivity contribution in [3.05, 3.63) is 24.3 Å². The number of benzene rings is 1. The van der Waals surface area contributed by atoms with E-state index in [1.54, 1.807) is 18.2 Å². The van der Waals surface area contributed by atoms with Crippen LogP contribution >= 0.6 is 0 Å². The largest absolute Gasteiger partial charge is 0.322 e. The summed E-state index contributed by atoms with van der Waals surface area (Å²) in [5.74, 6) is -0.0643. The SMILES string of the molecule is CCCN=C1Nc2ccccc2S(=O)(=O)N1O. The van der Waals surface area contributed by atoms with Crippen LogP contribution in [0.1, 0.15) is 13.3 Å². The van der Waals surface area contributed by atoms with Gasteiger partial charge in [0.15, 0.2) is 0 Å². The van der Waals surface area contributed by atoms with Gasteiger partial charge in [0, 0.05) is 6.54 Å². The molecule has 17 heavy (non-hydrogen) atoms. The van der Waals surface area contributed by atoms with E-state index in [1.165, 1.54) is 6.07 Å². The van der Waals surface area contributed by atoms with Crippen molar-refractivity contribution in [2.45, 2.75) is 18.2 Å². The summed E-state index contributed by atoms with van der Waals surface area (Å²) in [7, 11) is -3.90. The molecule has 2 N–H and O–H groups in total. The highest BCUT2D eigenvalue weighted by atomic mass is 32.2. The van der Waals surface area contributed by atoms with Gasteiger partial charge in [-0.2, -0.15) is 8.42 Å². The van der Waals surface area contributed by atoms with Crippen molar-refractivity contribution in [2.24, 2.45) is 4.99 Å². The number of sulfonamides is 1. The molecule has 7 heteroatoms. The number of nitrogens with zero attached hydrogens (tertiary/aromatic N) is 2. The van der Waals surface area contributed by atoms with Crippen molar-refractivity contribution < 1.29 is 13.6 Å². The molecular weight excluding hydrogens is 242 g/mol. The van der Waals surface area contributed by atoms with Crippen LogP contribution in [0.5, 0.6) is 0 Å². The third kappa shape index (κ3) is 1.98. The first-order valence-electron chi connectivity index (χ1n) is 5.22. The molecule has 2 rings (SSSR count). The van der Waals surface area contributed by atoms with Gasteiger partial charge in [0.2, 0.25) is 5.96 Å². The second-order valence-corrected chi connectivity index (χ2v) is 5.31. The second-order valence-electron chi connectivity index (χ2n) is 3.57. The number of hydrogen-bond donors (Lipinski definition) is 2. The number of hydrogen-bond acceptors (Lipinski definition) is 4. The molecule has 0 atom stereocenters. The van der Waals surface area contributed by atoms with E-state index in [0.29, 0.717) is 12.2 Å². The highest BCUT2D eigenvalue weighted by molar-refractivity contribution is 7.89. The number of hydroxylamine groups is 1. The maximum absolute atomic E-state index is 11.9. The molecule has 0 unspecified atom stereocenters. The van der Waals surface area contributed by atoms with Crippen molar-refractivity contribution in [1.82, 2.24) is 4.47 Å². The highest BCUT2D eigenvalue weighted by Crippen LogP contribution is 2.28. The smallest absolute Gasteiger partial charge is 0.291 e. The number of nitrogens with one attached hydrogen (secondary N) is 1. The maximum Gasteiger partial charge on any atom is 0.291 e. The number of rotatable bonds is 2. The summed E-state index contributed by atoms with van der Waals surface area (Å²) >= 11 is 0. The molecule has 0 bridgehead atoms. The molecule has 1 aromatic carbocycles. The lowest BCUT2D eigenvalue weighted by Gasteiger charge is -2.26. The van der Waals surface area contributed by atoms with E-state index in [2.05, 4.69) is 10.3 Å². The summed E-state index contributed by atoms with van der Waals surface area (Å²) < 4.78 is 24.1. The van der Waals surface area contributed by atoms with Crippen molar-refractivity contribution in [3.8, 4) is 0 Å². The summed E-state index contributed by atoms with van der Waals surface area (Å²) in [6.45, 7) is 2.36. The Bertz CT molecular complexity index is 554. The number of anilines is 1. The van der Waals surface area contributed by atoms with E-state index in [9.17, 15) is 13.6 Å². The zero-order chi connectivity index (χ0) is 12.5. The number of guanidine groups is 1. The Kier molecular flexibility index (Phi) is 3.03. The monoisotopic (exact) mass is 255 g/mol. The average molecular weight is 255 g/mol. The van der Waals surface area contributed by atoms with E-state index < -0.39 is 10.0 Å². The highest BCUT2D eigenvalue weighted by Gasteiger charge is 2.34. The molecule has 0 saturated carbocycles. The summed E-state index contributed by atoms with van der Waals surface area (Å²) in [6.07, 6.45) is 0.765. The lowest BCUT2D eigenvalue weighted by Crippen LogP contribution is -2.42. The summed E-state index contributed by atoms with van der Waals surface area (Å²) in [4.78, 5) is 4.02. The molecule has 6 nitrogen and oxygen atoms in total. The molecule has 0 saturated heterocycles. The number of aliphatic imine (C=N–C) groups is 1. The molecule has 1 aromatic rings. The minimum atomic E-state index is -3.90. The molecule has 0 amide bonds. The van der Waals surface area contributed by atoms with E-state index in [0.717, 1.165) is 6.42 Å². The fourth-order valence-electron chi connectivity index (χ4n) is 1.49. The quantitative estimate of drug-likeness (QED) is 0.833. The van der Waals surface area contributed by atoms with Gasteiger partial charge in [-0.1, -0.05) is 19.1 Å². The zero-order valence-corrected chi connectivity index (χ0v) is 10.1. The van der Waals surface area contributed by atoms with E-state index in [-0.39, 0.29) is 15.3 Å². The van der Waals surface area contributed by atoms with Gasteiger partial charge >= 0.3 is 0 Å². The fraction of sp³-hybridized carbons (Fsp3) is 0.300. The van der Waals surface area contributed by atoms with Gasteiger partial charge in [0.25, 0.3) is 10.0 Å². The summed E-state index contributed by atoms with van der Waals surface area (Å²) in [6, 6.07) is 6.37. The lowest BCUT2D eigenvalue weighted by molar-refractivity contribution is 0.0777. The van der Waals surface area contributed by atoms with Gasteiger partial charge in [-0.05, 0) is 18.6 Å². The predicted octanol–water partition coefficient (Wildman–Crippen LogP) is 1.26. The van der Waals surface area contributed by atoms with Gasteiger partial charge in [0.1, 0.15) is 4.90 Å². The Morgan fingerprint density at radius 2 is 2.12 bits per heavy atom. The third-order valence-corrected chi connectivity index (χ3v) is 3.85. The molecule has 0 radical (unpaired) electrons. The van der Waals surface area contributed by atoms with Crippen LogP contribution < -0.4 is 5.32 Å². The molecule has 0 aliphatic carbocycles. The summed E-state index contributed by atoms with van der Waals surface area (Å²) in [5, 5.41) is 12.4. The van der Waals surface area contributed by atoms with Crippen LogP contribution in [0.3, 0.4) is 0 Å². The Labute approximate surface area is 99.6 Å². The van der Waals surface area contributed by atoms with E-state index >= 15 is 0 Å². The first-order chi connectivity index (χ1) is 8.07. The molecule has 1 aliphatic rings. The molecule has 0 aromatic heterocycles. The van der Waals surface area contributed by atoms with Gasteiger partial charge in [0.05, 0.1) is 5.69 Å². The normalized spacial score (nSPS) is 19.9. The van der Waals surface area contributed by atoms with Crippen molar-refractivity contribution in [2.75, 3.05) is 11.9 Å². The number of fused-ring (bicyclic) bond motifs is 1. The lowest BCUT2D eigenvalue weighted by atomic mass is 10.3. The van der Waals surface area contributed by atoms with Crippen LogP contribution in [-0.2, 0) is 10.0 Å². The van der Waals surface area contributed by atoms with Crippen molar-refractivity contribution in [1.29, 1.82) is 0 Å². The Morgan fingerprint density at radius 1 is 1.41 bits per heavy atom. The third-order valence-electron chi connectivity index (χ3n) is 2.31. The average Bonchev–Trinajstić information content (AvgIpc) is 2.32. The van der Waals surface area contributed by atoms with Crippen molar-refractivity contribution in [3.63, 3.8) is 0 Å². The fourth-order valence-corrected chi connectivity index (χ4v) is 2.65. The van der Waals surface area contributed by atoms with Crippen LogP contribution in [0.2, 0.25) is 0 Å². The first-order valence-corrected chi connectivity index (χ1v) is 6.66. The number of para-hydroxylation sites is 1. The Hall–Kier alpha value is -1.60. The maximum atomic E-state index is 11.9. The van der Waals surface area contributed by atoms with Gasteiger partial charge in [-0.15, -0.1) is 4.47 Å². The van der Waals surface area contributed by atoms with Crippen LogP contribution in [0.25, 0.3) is 0 Å².